The summed E-state index contributed by atoms with van der Waals surface area (Å²) in [6, 6.07) is -0.292. The molecule has 1 aliphatic carbocycles. The lowest BCUT2D eigenvalue weighted by Gasteiger charge is -2.36. The van der Waals surface area contributed by atoms with Crippen LogP contribution in [0.5, 0.6) is 0 Å². The van der Waals surface area contributed by atoms with E-state index in [-0.39, 0.29) is 11.4 Å². The molecule has 0 aromatic rings. The number of nitrogens with zero attached hydrogens (tertiary/aromatic N) is 1. The lowest BCUT2D eigenvalue weighted by molar-refractivity contribution is -0.145. The largest absolute Gasteiger partial charge is 0.480 e. The molecule has 5 nitrogen and oxygen atoms in total. The number of carboxylic acid groups (broad SMARTS) is 1. The van der Waals surface area contributed by atoms with Crippen LogP contribution in [0.15, 0.2) is 0 Å². The Balaban J connectivity index is 2.69. The summed E-state index contributed by atoms with van der Waals surface area (Å²) in [5, 5.41) is 12.2. The summed E-state index contributed by atoms with van der Waals surface area (Å²) < 4.78 is 0. The summed E-state index contributed by atoms with van der Waals surface area (Å²) in [7, 11) is 1.71. The number of nitrogens with one attached hydrogen (secondary N) is 1. The van der Waals surface area contributed by atoms with Crippen LogP contribution in [-0.2, 0) is 4.79 Å². The van der Waals surface area contributed by atoms with Crippen LogP contribution in [-0.4, -0.2) is 41.1 Å². The Hall–Kier alpha value is -1.26. The van der Waals surface area contributed by atoms with E-state index in [0.717, 1.165) is 19.3 Å². The molecule has 1 aliphatic rings. The molecule has 0 radical (unpaired) electrons. The topological polar surface area (TPSA) is 69.6 Å². The quantitative estimate of drug-likeness (QED) is 0.827. The van der Waals surface area contributed by atoms with Gasteiger partial charge in [0.25, 0.3) is 0 Å². The van der Waals surface area contributed by atoms with Gasteiger partial charge in [-0.2, -0.15) is 0 Å². The number of aliphatic carboxylic acids is 1. The summed E-state index contributed by atoms with van der Waals surface area (Å²) in [5.74, 6) is -0.912. The summed E-state index contributed by atoms with van der Waals surface area (Å²) in [4.78, 5) is 25.2. The summed E-state index contributed by atoms with van der Waals surface area (Å²) >= 11 is 0. The molecule has 0 aliphatic heterocycles. The first-order chi connectivity index (χ1) is 8.66. The molecule has 5 heteroatoms. The number of hydrogen-bond donors (Lipinski definition) is 2. The van der Waals surface area contributed by atoms with Crippen LogP contribution in [0.25, 0.3) is 0 Å². The van der Waals surface area contributed by atoms with Gasteiger partial charge in [0.15, 0.2) is 0 Å². The number of urea groups is 1. The third-order valence-electron chi connectivity index (χ3n) is 3.52. The van der Waals surface area contributed by atoms with Gasteiger partial charge in [0.1, 0.15) is 5.54 Å². The third-order valence-corrected chi connectivity index (χ3v) is 3.52. The molecule has 2 N–H and O–H groups in total. The van der Waals surface area contributed by atoms with Gasteiger partial charge in [0, 0.05) is 13.6 Å². The minimum atomic E-state index is -1.07. The Kier molecular flexibility index (Phi) is 4.82. The van der Waals surface area contributed by atoms with Gasteiger partial charge in [0.2, 0.25) is 0 Å². The lowest BCUT2D eigenvalue weighted by atomic mass is 9.82. The van der Waals surface area contributed by atoms with Crippen LogP contribution in [0.3, 0.4) is 0 Å². The highest BCUT2D eigenvalue weighted by molar-refractivity contribution is 5.86. The van der Waals surface area contributed by atoms with Gasteiger partial charge in [0.05, 0.1) is 0 Å². The van der Waals surface area contributed by atoms with E-state index < -0.39 is 11.5 Å². The second-order valence-corrected chi connectivity index (χ2v) is 6.79. The summed E-state index contributed by atoms with van der Waals surface area (Å²) in [6.45, 7) is 6.73. The maximum absolute atomic E-state index is 12.2. The number of carbonyl (C=O) groups excluding carboxylic acids is 1. The Morgan fingerprint density at radius 2 is 1.74 bits per heavy atom. The number of hydrogen-bond acceptors (Lipinski definition) is 2. The van der Waals surface area contributed by atoms with Crippen LogP contribution in [0, 0.1) is 5.41 Å². The Bertz CT molecular complexity index is 341. The first kappa shape index (κ1) is 15.8. The van der Waals surface area contributed by atoms with Crippen molar-refractivity contribution in [2.45, 2.75) is 58.4 Å². The Morgan fingerprint density at radius 1 is 1.21 bits per heavy atom. The second kappa shape index (κ2) is 5.80. The average molecular weight is 270 g/mol. The van der Waals surface area contributed by atoms with Crippen LogP contribution >= 0.6 is 0 Å². The molecular formula is C14H26N2O3. The Morgan fingerprint density at radius 3 is 2.16 bits per heavy atom. The fourth-order valence-electron chi connectivity index (χ4n) is 2.63. The smallest absolute Gasteiger partial charge is 0.329 e. The zero-order valence-corrected chi connectivity index (χ0v) is 12.5. The van der Waals surface area contributed by atoms with E-state index in [1.54, 1.807) is 11.9 Å². The van der Waals surface area contributed by atoms with Crippen LogP contribution in [0.1, 0.15) is 52.9 Å². The van der Waals surface area contributed by atoms with Crippen molar-refractivity contribution in [2.75, 3.05) is 13.6 Å². The van der Waals surface area contributed by atoms with Gasteiger partial charge >= 0.3 is 12.0 Å². The maximum Gasteiger partial charge on any atom is 0.329 e. The standard InChI is InChI=1S/C14H26N2O3/c1-13(2,3)10-16(4)12(19)15-14(11(17)18)8-6-5-7-9-14/h5-10H2,1-4H3,(H,15,19)(H,17,18). The highest BCUT2D eigenvalue weighted by atomic mass is 16.4. The molecule has 0 bridgehead atoms. The molecule has 0 unspecified atom stereocenters. The predicted octanol–water partition coefficient (Wildman–Crippen LogP) is 2.46. The van der Waals surface area contributed by atoms with Gasteiger partial charge in [-0.3, -0.25) is 0 Å². The number of carbonyl (C=O) groups is 2. The minimum Gasteiger partial charge on any atom is -0.480 e. The van der Waals surface area contributed by atoms with Crippen molar-refractivity contribution in [3.63, 3.8) is 0 Å². The zero-order chi connectivity index (χ0) is 14.7. The molecule has 0 heterocycles. The van der Waals surface area contributed by atoms with E-state index in [4.69, 9.17) is 0 Å². The average Bonchev–Trinajstić information content (AvgIpc) is 2.27. The maximum atomic E-state index is 12.2. The molecule has 2 amide bonds. The Labute approximate surface area is 115 Å². The number of amides is 2. The van der Waals surface area contributed by atoms with Crippen molar-refractivity contribution in [1.82, 2.24) is 10.2 Å². The van der Waals surface area contributed by atoms with Crippen molar-refractivity contribution in [3.8, 4) is 0 Å². The van der Waals surface area contributed by atoms with E-state index in [0.29, 0.717) is 19.4 Å². The predicted molar refractivity (Wildman–Crippen MR) is 74.1 cm³/mol. The van der Waals surface area contributed by atoms with E-state index in [9.17, 15) is 14.7 Å². The summed E-state index contributed by atoms with van der Waals surface area (Å²) in [6.07, 6.45) is 3.81. The normalized spacial score (nSPS) is 18.7. The van der Waals surface area contributed by atoms with Crippen molar-refractivity contribution in [1.29, 1.82) is 0 Å². The molecule has 1 saturated carbocycles. The van der Waals surface area contributed by atoms with Gasteiger partial charge in [-0.05, 0) is 18.3 Å². The molecular weight excluding hydrogens is 244 g/mol. The monoisotopic (exact) mass is 270 g/mol. The fourth-order valence-corrected chi connectivity index (χ4v) is 2.63. The molecule has 110 valence electrons. The highest BCUT2D eigenvalue weighted by Crippen LogP contribution is 2.28. The molecule has 1 rings (SSSR count). The van der Waals surface area contributed by atoms with Crippen molar-refractivity contribution in [3.05, 3.63) is 0 Å². The van der Waals surface area contributed by atoms with Gasteiger partial charge in [-0.25, -0.2) is 9.59 Å². The van der Waals surface area contributed by atoms with Gasteiger partial charge in [-0.15, -0.1) is 0 Å². The number of carboxylic acids is 1. The van der Waals surface area contributed by atoms with Gasteiger partial charge < -0.3 is 15.3 Å². The van der Waals surface area contributed by atoms with E-state index in [1.807, 2.05) is 20.8 Å². The first-order valence-corrected chi connectivity index (χ1v) is 6.93. The third kappa shape index (κ3) is 4.40. The van der Waals surface area contributed by atoms with Gasteiger partial charge in [-0.1, -0.05) is 40.0 Å². The molecule has 0 aromatic heterocycles. The molecule has 1 fully saturated rings. The molecule has 0 spiro atoms. The van der Waals surface area contributed by atoms with E-state index in [1.165, 1.54) is 0 Å². The first-order valence-electron chi connectivity index (χ1n) is 6.93. The molecule has 0 aromatic carbocycles. The SMILES string of the molecule is CN(CC(C)(C)C)C(=O)NC1(C(=O)O)CCCCC1. The van der Waals surface area contributed by atoms with Crippen LogP contribution in [0.4, 0.5) is 4.79 Å². The summed E-state index contributed by atoms with van der Waals surface area (Å²) in [5.41, 5.74) is -1.07. The minimum absolute atomic E-state index is 0.00492. The number of rotatable bonds is 3. The zero-order valence-electron chi connectivity index (χ0n) is 12.5. The molecule has 0 atom stereocenters. The molecule has 19 heavy (non-hydrogen) atoms. The van der Waals surface area contributed by atoms with Crippen LogP contribution in [0.2, 0.25) is 0 Å². The van der Waals surface area contributed by atoms with E-state index in [2.05, 4.69) is 5.32 Å². The van der Waals surface area contributed by atoms with E-state index >= 15 is 0 Å². The van der Waals surface area contributed by atoms with Crippen molar-refractivity contribution >= 4 is 12.0 Å². The fraction of sp³-hybridized carbons (Fsp3) is 0.857. The van der Waals surface area contributed by atoms with Crippen molar-refractivity contribution < 1.29 is 14.7 Å². The second-order valence-electron chi connectivity index (χ2n) is 6.79. The lowest BCUT2D eigenvalue weighted by Crippen LogP contribution is -2.58. The molecule has 0 saturated heterocycles. The van der Waals surface area contributed by atoms with Crippen molar-refractivity contribution in [2.24, 2.45) is 5.41 Å². The highest BCUT2D eigenvalue weighted by Gasteiger charge is 2.41. The van der Waals surface area contributed by atoms with Crippen LogP contribution < -0.4 is 5.32 Å².